The van der Waals surface area contributed by atoms with Crippen LogP contribution >= 0.6 is 0 Å². The fourth-order valence-corrected chi connectivity index (χ4v) is 4.79. The van der Waals surface area contributed by atoms with E-state index < -0.39 is 22.5 Å². The number of hydrogen-bond acceptors (Lipinski definition) is 5. The predicted molar refractivity (Wildman–Crippen MR) is 101 cm³/mol. The van der Waals surface area contributed by atoms with Crippen molar-refractivity contribution in [2.45, 2.75) is 4.90 Å². The second-order valence-electron chi connectivity index (χ2n) is 6.17. The van der Waals surface area contributed by atoms with Crippen molar-refractivity contribution >= 4 is 32.5 Å². The van der Waals surface area contributed by atoms with Crippen LogP contribution in [0.4, 0.5) is 10.1 Å². The van der Waals surface area contributed by atoms with Crippen LogP contribution in [0.3, 0.4) is 0 Å². The van der Waals surface area contributed by atoms with E-state index in [2.05, 4.69) is 0 Å². The monoisotopic (exact) mass is 401 g/mol. The van der Waals surface area contributed by atoms with Crippen molar-refractivity contribution in [3.63, 3.8) is 0 Å². The summed E-state index contributed by atoms with van der Waals surface area (Å²) < 4.78 is 50.0. The van der Waals surface area contributed by atoms with Crippen LogP contribution in [-0.2, 0) is 19.6 Å². The van der Waals surface area contributed by atoms with Gasteiger partial charge in [-0.25, -0.2) is 12.8 Å². The second-order valence-corrected chi connectivity index (χ2v) is 8.00. The first-order valence-electron chi connectivity index (χ1n) is 8.55. The second kappa shape index (κ2) is 7.12. The Hall–Kier alpha value is -3.13. The van der Waals surface area contributed by atoms with Crippen molar-refractivity contribution in [1.29, 1.82) is 0 Å². The van der Waals surface area contributed by atoms with E-state index in [4.69, 9.17) is 9.47 Å². The van der Waals surface area contributed by atoms with Crippen molar-refractivity contribution in [1.82, 2.24) is 0 Å². The van der Waals surface area contributed by atoms with E-state index in [1.54, 1.807) is 18.2 Å². The molecule has 3 aromatic rings. The van der Waals surface area contributed by atoms with Gasteiger partial charge in [0.2, 0.25) is 0 Å². The highest BCUT2D eigenvalue weighted by molar-refractivity contribution is 7.93. The normalized spacial score (nSPS) is 14.2. The molecule has 1 aliphatic rings. The zero-order valence-electron chi connectivity index (χ0n) is 14.7. The number of anilines is 1. The van der Waals surface area contributed by atoms with Gasteiger partial charge in [-0.05, 0) is 41.8 Å². The number of halogens is 1. The molecule has 0 aromatic heterocycles. The number of sulfonamides is 1. The fraction of sp³-hybridized carbons (Fsp3) is 0.150. The zero-order chi connectivity index (χ0) is 19.7. The largest absolute Gasteiger partial charge is 0.490 e. The zero-order valence-corrected chi connectivity index (χ0v) is 15.5. The molecule has 0 radical (unpaired) electrons. The van der Waals surface area contributed by atoms with Crippen molar-refractivity contribution in [3.05, 3.63) is 66.5 Å². The summed E-state index contributed by atoms with van der Waals surface area (Å²) in [5.74, 6) is -0.612. The molecule has 0 N–H and O–H groups in total. The number of benzene rings is 3. The minimum atomic E-state index is -3.81. The molecule has 8 heteroatoms. The van der Waals surface area contributed by atoms with Gasteiger partial charge in [0, 0.05) is 5.39 Å². The Bertz CT molecular complexity index is 1140. The van der Waals surface area contributed by atoms with Crippen molar-refractivity contribution in [3.8, 4) is 5.75 Å². The van der Waals surface area contributed by atoms with Gasteiger partial charge < -0.3 is 9.47 Å². The quantitative estimate of drug-likeness (QED) is 0.469. The summed E-state index contributed by atoms with van der Waals surface area (Å²) in [7, 11) is -3.81. The molecule has 0 unspecified atom stereocenters. The van der Waals surface area contributed by atoms with E-state index in [0.29, 0.717) is 16.8 Å². The Morgan fingerprint density at radius 1 is 0.964 bits per heavy atom. The first-order valence-corrected chi connectivity index (χ1v) is 9.99. The summed E-state index contributed by atoms with van der Waals surface area (Å²) in [6, 6.07) is 15.7. The summed E-state index contributed by atoms with van der Waals surface area (Å²) >= 11 is 0. The van der Waals surface area contributed by atoms with Crippen LogP contribution in [0, 0.1) is 5.82 Å². The summed E-state index contributed by atoms with van der Waals surface area (Å²) in [6.45, 7) is -0.409. The number of hydrogen-bond donors (Lipinski definition) is 0. The standard InChI is InChI=1S/C20H16FNO5S/c21-15-7-9-16(10-8-15)26-11-12-27-19(23)13-22-17-5-1-3-14-4-2-6-18(20(14)17)28(22,24)25/h1-10H,11-13H2. The topological polar surface area (TPSA) is 72.9 Å². The number of ether oxygens (including phenoxy) is 2. The molecule has 6 nitrogen and oxygen atoms in total. The Kier molecular flexibility index (Phi) is 4.64. The summed E-state index contributed by atoms with van der Waals surface area (Å²) in [6.07, 6.45) is 0. The maximum atomic E-state index is 12.8. The van der Waals surface area contributed by atoms with Crippen LogP contribution in [-0.4, -0.2) is 34.1 Å². The van der Waals surface area contributed by atoms with Crippen molar-refractivity contribution in [2.75, 3.05) is 24.1 Å². The van der Waals surface area contributed by atoms with Crippen LogP contribution < -0.4 is 9.04 Å². The highest BCUT2D eigenvalue weighted by Crippen LogP contribution is 2.41. The van der Waals surface area contributed by atoms with Gasteiger partial charge in [-0.1, -0.05) is 24.3 Å². The van der Waals surface area contributed by atoms with Crippen LogP contribution in [0.15, 0.2) is 65.6 Å². The third kappa shape index (κ3) is 3.27. The van der Waals surface area contributed by atoms with E-state index in [-0.39, 0.29) is 23.9 Å². The molecule has 0 spiro atoms. The molecule has 28 heavy (non-hydrogen) atoms. The highest BCUT2D eigenvalue weighted by Gasteiger charge is 2.36. The average molecular weight is 401 g/mol. The molecule has 0 aliphatic carbocycles. The lowest BCUT2D eigenvalue weighted by atomic mass is 10.1. The Morgan fingerprint density at radius 3 is 2.43 bits per heavy atom. The van der Waals surface area contributed by atoms with E-state index in [9.17, 15) is 17.6 Å². The molecule has 1 aliphatic heterocycles. The van der Waals surface area contributed by atoms with E-state index in [0.717, 1.165) is 9.69 Å². The van der Waals surface area contributed by atoms with Gasteiger partial charge in [-0.3, -0.25) is 9.10 Å². The van der Waals surface area contributed by atoms with Crippen LogP contribution in [0.25, 0.3) is 10.8 Å². The average Bonchev–Trinajstić information content (AvgIpc) is 2.90. The van der Waals surface area contributed by atoms with Gasteiger partial charge in [-0.2, -0.15) is 0 Å². The molecule has 0 bridgehead atoms. The predicted octanol–water partition coefficient (Wildman–Crippen LogP) is 3.11. The van der Waals surface area contributed by atoms with Gasteiger partial charge >= 0.3 is 5.97 Å². The molecule has 1 heterocycles. The van der Waals surface area contributed by atoms with Gasteiger partial charge in [0.1, 0.15) is 31.3 Å². The SMILES string of the molecule is O=C(CN1c2cccc3cccc(c23)S1(=O)=O)OCCOc1ccc(F)cc1. The smallest absolute Gasteiger partial charge is 0.326 e. The van der Waals surface area contributed by atoms with Gasteiger partial charge in [-0.15, -0.1) is 0 Å². The Balaban J connectivity index is 1.40. The summed E-state index contributed by atoms with van der Waals surface area (Å²) in [4.78, 5) is 12.4. The van der Waals surface area contributed by atoms with E-state index in [1.165, 1.54) is 30.3 Å². The highest BCUT2D eigenvalue weighted by atomic mass is 32.2. The molecular weight excluding hydrogens is 385 g/mol. The lowest BCUT2D eigenvalue weighted by Crippen LogP contribution is -2.34. The van der Waals surface area contributed by atoms with Crippen molar-refractivity contribution in [2.24, 2.45) is 0 Å². The Morgan fingerprint density at radius 2 is 1.68 bits per heavy atom. The number of nitrogens with zero attached hydrogens (tertiary/aromatic N) is 1. The molecule has 0 saturated heterocycles. The molecule has 0 saturated carbocycles. The lowest BCUT2D eigenvalue weighted by Gasteiger charge is -2.17. The molecule has 0 amide bonds. The minimum absolute atomic E-state index is 0.0543. The fourth-order valence-electron chi connectivity index (χ4n) is 3.14. The molecule has 4 rings (SSSR count). The maximum Gasteiger partial charge on any atom is 0.326 e. The summed E-state index contributed by atoms with van der Waals surface area (Å²) in [5.41, 5.74) is 0.465. The lowest BCUT2D eigenvalue weighted by molar-refractivity contribution is -0.142. The minimum Gasteiger partial charge on any atom is -0.490 e. The number of esters is 1. The number of rotatable bonds is 6. The first-order chi connectivity index (χ1) is 13.5. The molecule has 0 fully saturated rings. The molecule has 144 valence electrons. The van der Waals surface area contributed by atoms with E-state index >= 15 is 0 Å². The van der Waals surface area contributed by atoms with Crippen LogP contribution in [0.2, 0.25) is 0 Å². The van der Waals surface area contributed by atoms with Gasteiger partial charge in [0.25, 0.3) is 10.0 Å². The van der Waals surface area contributed by atoms with Crippen molar-refractivity contribution < 1.29 is 27.1 Å². The third-order valence-corrected chi connectivity index (χ3v) is 6.18. The maximum absolute atomic E-state index is 12.8. The van der Waals surface area contributed by atoms with Gasteiger partial charge in [0.05, 0.1) is 10.6 Å². The van der Waals surface area contributed by atoms with Gasteiger partial charge in [0.15, 0.2) is 0 Å². The van der Waals surface area contributed by atoms with Crippen LogP contribution in [0.5, 0.6) is 5.75 Å². The summed E-state index contributed by atoms with van der Waals surface area (Å²) in [5, 5.41) is 1.40. The number of carbonyl (C=O) groups excluding carboxylic acids is 1. The first kappa shape index (κ1) is 18.2. The molecule has 0 atom stereocenters. The van der Waals surface area contributed by atoms with Crippen LogP contribution in [0.1, 0.15) is 0 Å². The molecular formula is C20H16FNO5S. The number of carbonyl (C=O) groups is 1. The Labute approximate surface area is 161 Å². The molecule has 3 aromatic carbocycles. The van der Waals surface area contributed by atoms with E-state index in [1.807, 2.05) is 12.1 Å². The third-order valence-electron chi connectivity index (χ3n) is 4.38.